The smallest absolute Gasteiger partial charge is 0.238 e. The predicted octanol–water partition coefficient (Wildman–Crippen LogP) is 0.494. The van der Waals surface area contributed by atoms with Crippen LogP contribution in [0.5, 0.6) is 0 Å². The lowest BCUT2D eigenvalue weighted by Crippen LogP contribution is -2.58. The van der Waals surface area contributed by atoms with Gasteiger partial charge in [-0.05, 0) is 37.6 Å². The number of aryl methyl sites for hydroxylation is 1. The van der Waals surface area contributed by atoms with Gasteiger partial charge in [-0.2, -0.15) is 0 Å². The standard InChI is InChI=1S/C25H35FN4O7S/c1-4-29(3)23(34)22(25(35)5-7-36-8-6-25)38-24-21(33)19(20(32)18(13-31)37-24)30-12-17(27-28-30)15-9-14(2)10-16(26)11-15/h9-12,18-22,24,31-33,35H,4-8,13H2,1-3H3/t18-,19+,20+,21-,22-,24+/m1/s1. The van der Waals surface area contributed by atoms with Crippen LogP contribution in [-0.4, -0.2) is 114 Å². The number of nitrogens with zero attached hydrogens (tertiary/aromatic N) is 4. The van der Waals surface area contributed by atoms with Gasteiger partial charge in [-0.25, -0.2) is 9.07 Å². The van der Waals surface area contributed by atoms with E-state index in [1.807, 2.05) is 6.92 Å². The molecular formula is C25H35FN4O7S. The van der Waals surface area contributed by atoms with Crippen molar-refractivity contribution in [3.63, 3.8) is 0 Å². The van der Waals surface area contributed by atoms with Crippen molar-refractivity contribution in [2.24, 2.45) is 0 Å². The lowest BCUT2D eigenvalue weighted by Gasteiger charge is -2.45. The summed E-state index contributed by atoms with van der Waals surface area (Å²) in [6.07, 6.45) is -1.93. The Bertz CT molecular complexity index is 1090. The number of halogens is 1. The first-order valence-electron chi connectivity index (χ1n) is 12.6. The van der Waals surface area contributed by atoms with E-state index in [4.69, 9.17) is 9.47 Å². The summed E-state index contributed by atoms with van der Waals surface area (Å²) in [7, 11) is 1.63. The molecular weight excluding hydrogens is 519 g/mol. The summed E-state index contributed by atoms with van der Waals surface area (Å²) in [5.41, 5.74) is -1.00. The molecule has 4 N–H and O–H groups in total. The predicted molar refractivity (Wildman–Crippen MR) is 137 cm³/mol. The molecule has 0 saturated carbocycles. The number of aliphatic hydroxyl groups excluding tert-OH is 3. The molecule has 2 saturated heterocycles. The molecule has 6 atom stereocenters. The summed E-state index contributed by atoms with van der Waals surface area (Å²) >= 11 is 0.955. The summed E-state index contributed by atoms with van der Waals surface area (Å²) < 4.78 is 26.5. The second kappa shape index (κ2) is 11.9. The highest BCUT2D eigenvalue weighted by Crippen LogP contribution is 2.42. The number of hydrogen-bond acceptors (Lipinski definition) is 10. The molecule has 2 fully saturated rings. The van der Waals surface area contributed by atoms with Gasteiger partial charge in [0.2, 0.25) is 5.91 Å². The normalized spacial score (nSPS) is 28.2. The number of aromatic nitrogens is 3. The van der Waals surface area contributed by atoms with E-state index in [9.17, 15) is 29.6 Å². The van der Waals surface area contributed by atoms with Crippen LogP contribution in [0.15, 0.2) is 24.4 Å². The molecule has 1 aromatic heterocycles. The van der Waals surface area contributed by atoms with Crippen molar-refractivity contribution >= 4 is 17.7 Å². The molecule has 2 aliphatic heterocycles. The number of carbonyl (C=O) groups excluding carboxylic acids is 1. The van der Waals surface area contributed by atoms with Gasteiger partial charge >= 0.3 is 0 Å². The van der Waals surface area contributed by atoms with E-state index in [-0.39, 0.29) is 32.0 Å². The molecule has 0 unspecified atom stereocenters. The van der Waals surface area contributed by atoms with Gasteiger partial charge in [-0.1, -0.05) is 5.21 Å². The fraction of sp³-hybridized carbons (Fsp3) is 0.640. The number of thioether (sulfide) groups is 1. The maximum absolute atomic E-state index is 14.0. The molecule has 0 radical (unpaired) electrons. The van der Waals surface area contributed by atoms with E-state index in [1.54, 1.807) is 20.0 Å². The van der Waals surface area contributed by atoms with Crippen molar-refractivity contribution in [2.45, 2.75) is 67.3 Å². The van der Waals surface area contributed by atoms with E-state index in [2.05, 4.69) is 10.3 Å². The summed E-state index contributed by atoms with van der Waals surface area (Å²) in [5.74, 6) is -0.762. The molecule has 2 aliphatic rings. The number of aliphatic hydroxyl groups is 4. The minimum atomic E-state index is -1.40. The van der Waals surface area contributed by atoms with E-state index in [0.717, 1.165) is 11.8 Å². The Morgan fingerprint density at radius 2 is 2.00 bits per heavy atom. The third-order valence-electron chi connectivity index (χ3n) is 7.19. The molecule has 2 aromatic rings. The van der Waals surface area contributed by atoms with Crippen LogP contribution in [0.4, 0.5) is 4.39 Å². The van der Waals surface area contributed by atoms with Crippen LogP contribution in [0.25, 0.3) is 11.3 Å². The second-order valence-electron chi connectivity index (χ2n) is 9.88. The quantitative estimate of drug-likeness (QED) is 0.363. The van der Waals surface area contributed by atoms with Crippen LogP contribution in [-0.2, 0) is 14.3 Å². The largest absolute Gasteiger partial charge is 0.394 e. The zero-order valence-electron chi connectivity index (χ0n) is 21.6. The molecule has 4 rings (SSSR count). The van der Waals surface area contributed by atoms with E-state index in [0.29, 0.717) is 23.4 Å². The minimum Gasteiger partial charge on any atom is -0.394 e. The summed E-state index contributed by atoms with van der Waals surface area (Å²) in [5, 5.41) is 50.9. The molecule has 11 nitrogen and oxygen atoms in total. The lowest BCUT2D eigenvalue weighted by molar-refractivity contribution is -0.179. The van der Waals surface area contributed by atoms with Gasteiger partial charge in [0.1, 0.15) is 46.6 Å². The van der Waals surface area contributed by atoms with E-state index < -0.39 is 53.1 Å². The average molecular weight is 555 g/mol. The first kappa shape index (κ1) is 28.9. The Labute approximate surface area is 224 Å². The van der Waals surface area contributed by atoms with Crippen LogP contribution in [0, 0.1) is 12.7 Å². The SMILES string of the molecule is CCN(C)C(=O)[C@@H](S[C@@H]1O[C@H](CO)[C@H](O)[C@H](n2cc(-c3cc(C)cc(F)c3)nn2)[C@H]1O)C1(O)CCOCC1. The van der Waals surface area contributed by atoms with Gasteiger partial charge in [0.25, 0.3) is 0 Å². The number of amides is 1. The molecule has 1 aromatic carbocycles. The fourth-order valence-corrected chi connectivity index (χ4v) is 6.41. The number of ether oxygens (including phenoxy) is 2. The van der Waals surface area contributed by atoms with Crippen LogP contribution in [0.2, 0.25) is 0 Å². The van der Waals surface area contributed by atoms with E-state index in [1.165, 1.54) is 27.9 Å². The highest BCUT2D eigenvalue weighted by Gasteiger charge is 2.51. The summed E-state index contributed by atoms with van der Waals surface area (Å²) in [6, 6.07) is 3.33. The Morgan fingerprint density at radius 3 is 2.63 bits per heavy atom. The zero-order chi connectivity index (χ0) is 27.6. The third-order valence-corrected chi connectivity index (χ3v) is 8.76. The molecule has 13 heteroatoms. The molecule has 0 bridgehead atoms. The highest BCUT2D eigenvalue weighted by molar-refractivity contribution is 8.01. The van der Waals surface area contributed by atoms with Crippen molar-refractivity contribution in [3.8, 4) is 11.3 Å². The molecule has 210 valence electrons. The second-order valence-corrected chi connectivity index (χ2v) is 11.1. The number of rotatable bonds is 8. The summed E-state index contributed by atoms with van der Waals surface area (Å²) in [6.45, 7) is 3.99. The first-order chi connectivity index (χ1) is 18.1. The van der Waals surface area contributed by atoms with Crippen LogP contribution >= 0.6 is 11.8 Å². The van der Waals surface area contributed by atoms with Gasteiger partial charge in [0.05, 0.1) is 18.4 Å². The topological polar surface area (TPSA) is 150 Å². The van der Waals surface area contributed by atoms with Crippen LogP contribution in [0.3, 0.4) is 0 Å². The number of benzene rings is 1. The Kier molecular flexibility index (Phi) is 9.07. The fourth-order valence-electron chi connectivity index (χ4n) is 4.82. The molecule has 0 aliphatic carbocycles. The Hall–Kier alpha value is -2.13. The maximum Gasteiger partial charge on any atom is 0.238 e. The van der Waals surface area contributed by atoms with Crippen molar-refractivity contribution in [2.75, 3.05) is 33.4 Å². The van der Waals surface area contributed by atoms with Crippen LogP contribution < -0.4 is 0 Å². The lowest BCUT2D eigenvalue weighted by atomic mass is 9.89. The molecule has 3 heterocycles. The van der Waals surface area contributed by atoms with Crippen molar-refractivity contribution in [3.05, 3.63) is 35.8 Å². The third kappa shape index (κ3) is 5.88. The number of hydrogen-bond donors (Lipinski definition) is 4. The summed E-state index contributed by atoms with van der Waals surface area (Å²) in [4.78, 5) is 14.8. The van der Waals surface area contributed by atoms with Gasteiger partial charge in [-0.3, -0.25) is 4.79 Å². The van der Waals surface area contributed by atoms with Gasteiger partial charge in [-0.15, -0.1) is 16.9 Å². The molecule has 1 amide bonds. The van der Waals surface area contributed by atoms with E-state index >= 15 is 0 Å². The van der Waals surface area contributed by atoms with Gasteiger partial charge < -0.3 is 34.8 Å². The van der Waals surface area contributed by atoms with Crippen molar-refractivity contribution in [1.29, 1.82) is 0 Å². The Balaban J connectivity index is 1.64. The van der Waals surface area contributed by atoms with Gasteiger partial charge in [0.15, 0.2) is 0 Å². The monoisotopic (exact) mass is 554 g/mol. The van der Waals surface area contributed by atoms with Crippen LogP contribution in [0.1, 0.15) is 31.4 Å². The molecule has 38 heavy (non-hydrogen) atoms. The maximum atomic E-state index is 14.0. The zero-order valence-corrected chi connectivity index (χ0v) is 22.4. The first-order valence-corrected chi connectivity index (χ1v) is 13.5. The highest BCUT2D eigenvalue weighted by atomic mass is 32.2. The minimum absolute atomic E-state index is 0.228. The van der Waals surface area contributed by atoms with Gasteiger partial charge in [0, 0.05) is 45.2 Å². The average Bonchev–Trinajstić information content (AvgIpc) is 3.37. The van der Waals surface area contributed by atoms with Crippen molar-refractivity contribution in [1.82, 2.24) is 19.9 Å². The van der Waals surface area contributed by atoms with Crippen molar-refractivity contribution < 1.29 is 39.1 Å². The Morgan fingerprint density at radius 1 is 1.29 bits per heavy atom. The molecule has 0 spiro atoms. The number of carbonyl (C=O) groups is 1.